The van der Waals surface area contributed by atoms with Crippen molar-refractivity contribution in [3.8, 4) is 0 Å². The largest absolute Gasteiger partial charge is 0.454 e. The van der Waals surface area contributed by atoms with Crippen LogP contribution >= 0.6 is 0 Å². The molecule has 144 valence electrons. The Morgan fingerprint density at radius 3 is 2.14 bits per heavy atom. The summed E-state index contributed by atoms with van der Waals surface area (Å²) in [6.45, 7) is 1.52. The molecule has 0 unspecified atom stereocenters. The number of nitrogens with zero attached hydrogens (tertiary/aromatic N) is 1. The summed E-state index contributed by atoms with van der Waals surface area (Å²) < 4.78 is 18.0. The van der Waals surface area contributed by atoms with E-state index in [0.29, 0.717) is 11.1 Å². The summed E-state index contributed by atoms with van der Waals surface area (Å²) in [6, 6.07) is 11.5. The molecule has 0 aliphatic carbocycles. The fourth-order valence-electron chi connectivity index (χ4n) is 2.98. The molecule has 1 aliphatic heterocycles. The van der Waals surface area contributed by atoms with Crippen molar-refractivity contribution < 1.29 is 28.3 Å². The molecule has 2 amide bonds. The van der Waals surface area contributed by atoms with Gasteiger partial charge in [-0.05, 0) is 49.7 Å². The number of ether oxygens (including phenoxy) is 1. The van der Waals surface area contributed by atoms with E-state index in [9.17, 15) is 23.6 Å². The van der Waals surface area contributed by atoms with Gasteiger partial charge in [0.1, 0.15) is 5.82 Å². The fraction of sp³-hybridized carbons (Fsp3) is 0.238. The minimum Gasteiger partial charge on any atom is -0.454 e. The van der Waals surface area contributed by atoms with Crippen molar-refractivity contribution in [2.45, 2.75) is 25.9 Å². The Morgan fingerprint density at radius 1 is 1.00 bits per heavy atom. The molecule has 2 aromatic carbocycles. The van der Waals surface area contributed by atoms with Crippen LogP contribution in [0.4, 0.5) is 4.39 Å². The molecule has 2 aromatic rings. The number of rotatable bonds is 7. The topological polar surface area (TPSA) is 80.8 Å². The van der Waals surface area contributed by atoms with Crippen molar-refractivity contribution in [1.29, 1.82) is 0 Å². The number of hydrogen-bond acceptors (Lipinski definition) is 5. The van der Waals surface area contributed by atoms with Crippen molar-refractivity contribution in [1.82, 2.24) is 4.90 Å². The van der Waals surface area contributed by atoms with E-state index in [1.807, 2.05) is 0 Å². The lowest BCUT2D eigenvalue weighted by Crippen LogP contribution is -2.31. The number of carbonyl (C=O) groups excluding carboxylic acids is 4. The molecule has 0 saturated carbocycles. The first kappa shape index (κ1) is 19.4. The zero-order valence-corrected chi connectivity index (χ0v) is 15.2. The van der Waals surface area contributed by atoms with Crippen LogP contribution in [0.1, 0.15) is 50.8 Å². The van der Waals surface area contributed by atoms with Gasteiger partial charge in [0.25, 0.3) is 11.8 Å². The molecule has 7 heteroatoms. The van der Waals surface area contributed by atoms with E-state index < -0.39 is 23.7 Å². The lowest BCUT2D eigenvalue weighted by atomic mass is 10.1. The van der Waals surface area contributed by atoms with Gasteiger partial charge in [0.2, 0.25) is 5.78 Å². The molecular weight excluding hydrogens is 365 g/mol. The molecule has 0 N–H and O–H groups in total. The van der Waals surface area contributed by atoms with Gasteiger partial charge in [-0.25, -0.2) is 4.39 Å². The number of imide groups is 1. The van der Waals surface area contributed by atoms with E-state index in [0.717, 1.165) is 17.0 Å². The van der Waals surface area contributed by atoms with Crippen LogP contribution in [0.3, 0.4) is 0 Å². The highest BCUT2D eigenvalue weighted by atomic mass is 19.1. The third kappa shape index (κ3) is 3.98. The summed E-state index contributed by atoms with van der Waals surface area (Å²) in [5.74, 6) is -2.27. The van der Waals surface area contributed by atoms with Gasteiger partial charge in [-0.15, -0.1) is 0 Å². The van der Waals surface area contributed by atoms with Crippen molar-refractivity contribution in [3.05, 3.63) is 71.0 Å². The molecule has 1 aliphatic rings. The first-order valence-electron chi connectivity index (χ1n) is 8.83. The summed E-state index contributed by atoms with van der Waals surface area (Å²) in [6.07, 6.45) is -0.840. The highest BCUT2D eigenvalue weighted by molar-refractivity contribution is 6.21. The summed E-state index contributed by atoms with van der Waals surface area (Å²) in [5, 5.41) is 0. The number of esters is 1. The molecule has 3 rings (SSSR count). The van der Waals surface area contributed by atoms with E-state index in [1.54, 1.807) is 24.3 Å². The van der Waals surface area contributed by atoms with Gasteiger partial charge >= 0.3 is 5.97 Å². The van der Waals surface area contributed by atoms with E-state index >= 15 is 0 Å². The van der Waals surface area contributed by atoms with Gasteiger partial charge < -0.3 is 4.74 Å². The smallest absolute Gasteiger partial charge is 0.306 e. The molecular formula is C21H18FNO5. The number of carbonyl (C=O) groups is 4. The Bertz CT molecular complexity index is 903. The third-order valence-corrected chi connectivity index (χ3v) is 4.45. The number of hydrogen-bond donors (Lipinski definition) is 0. The summed E-state index contributed by atoms with van der Waals surface area (Å²) >= 11 is 0. The number of fused-ring (bicyclic) bond motifs is 1. The standard InChI is InChI=1S/C21H18FNO5/c1-13(19(25)14-8-10-15(22)11-9-14)28-18(24)7-4-12-23-20(26)16-5-2-3-6-17(16)21(23)27/h2-3,5-6,8-11,13H,4,7,12H2,1H3/t13-/m0/s1. The highest BCUT2D eigenvalue weighted by Gasteiger charge is 2.34. The Hall–Kier alpha value is -3.35. The van der Waals surface area contributed by atoms with Crippen LogP contribution in [0.5, 0.6) is 0 Å². The maximum atomic E-state index is 12.9. The zero-order chi connectivity index (χ0) is 20.3. The van der Waals surface area contributed by atoms with Crippen molar-refractivity contribution in [2.24, 2.45) is 0 Å². The fourth-order valence-corrected chi connectivity index (χ4v) is 2.98. The minimum atomic E-state index is -1.02. The summed E-state index contributed by atoms with van der Waals surface area (Å²) in [7, 11) is 0. The van der Waals surface area contributed by atoms with Crippen molar-refractivity contribution in [2.75, 3.05) is 6.54 Å². The maximum Gasteiger partial charge on any atom is 0.306 e. The molecule has 0 saturated heterocycles. The third-order valence-electron chi connectivity index (χ3n) is 4.45. The number of benzene rings is 2. The van der Waals surface area contributed by atoms with Gasteiger partial charge in [-0.2, -0.15) is 0 Å². The Morgan fingerprint density at radius 2 is 1.57 bits per heavy atom. The lowest BCUT2D eigenvalue weighted by Gasteiger charge is -2.15. The van der Waals surface area contributed by atoms with Gasteiger partial charge in [0.15, 0.2) is 6.10 Å². The monoisotopic (exact) mass is 383 g/mol. The van der Waals surface area contributed by atoms with Gasteiger partial charge in [0.05, 0.1) is 11.1 Å². The molecule has 0 bridgehead atoms. The quantitative estimate of drug-likeness (QED) is 0.417. The summed E-state index contributed by atoms with van der Waals surface area (Å²) in [4.78, 5) is 49.8. The second-order valence-electron chi connectivity index (χ2n) is 6.41. The average Bonchev–Trinajstić information content (AvgIpc) is 2.93. The molecule has 1 heterocycles. The van der Waals surface area contributed by atoms with E-state index in [1.165, 1.54) is 19.1 Å². The molecule has 0 spiro atoms. The van der Waals surface area contributed by atoms with Gasteiger partial charge in [0, 0.05) is 18.5 Å². The van der Waals surface area contributed by atoms with Crippen LogP contribution in [0.2, 0.25) is 0 Å². The molecule has 28 heavy (non-hydrogen) atoms. The zero-order valence-electron chi connectivity index (χ0n) is 15.2. The second kappa shape index (κ2) is 8.12. The first-order chi connectivity index (χ1) is 13.4. The Labute approximate surface area is 160 Å². The minimum absolute atomic E-state index is 0.0472. The summed E-state index contributed by atoms with van der Waals surface area (Å²) in [5.41, 5.74) is 0.954. The lowest BCUT2D eigenvalue weighted by molar-refractivity contribution is -0.146. The number of Topliss-reactive ketones (excluding diaryl/α,β-unsaturated/α-hetero) is 1. The molecule has 6 nitrogen and oxygen atoms in total. The van der Waals surface area contributed by atoms with Crippen LogP contribution in [-0.2, 0) is 9.53 Å². The van der Waals surface area contributed by atoms with Crippen LogP contribution in [0.25, 0.3) is 0 Å². The predicted molar refractivity (Wildman–Crippen MR) is 97.3 cm³/mol. The van der Waals surface area contributed by atoms with E-state index in [2.05, 4.69) is 0 Å². The predicted octanol–water partition coefficient (Wildman–Crippen LogP) is 3.02. The first-order valence-corrected chi connectivity index (χ1v) is 8.83. The maximum absolute atomic E-state index is 12.9. The Balaban J connectivity index is 1.48. The molecule has 0 fully saturated rings. The average molecular weight is 383 g/mol. The number of halogens is 1. The molecule has 1 atom stereocenters. The van der Waals surface area contributed by atoms with Crippen molar-refractivity contribution >= 4 is 23.6 Å². The molecule has 0 radical (unpaired) electrons. The van der Waals surface area contributed by atoms with Crippen LogP contribution in [0.15, 0.2) is 48.5 Å². The van der Waals surface area contributed by atoms with Crippen LogP contribution in [0, 0.1) is 5.82 Å². The van der Waals surface area contributed by atoms with Gasteiger partial charge in [-0.1, -0.05) is 12.1 Å². The number of amides is 2. The normalized spacial score (nSPS) is 14.0. The Kier molecular flexibility index (Phi) is 5.63. The van der Waals surface area contributed by atoms with E-state index in [4.69, 9.17) is 4.74 Å². The van der Waals surface area contributed by atoms with Crippen molar-refractivity contribution in [3.63, 3.8) is 0 Å². The van der Waals surface area contributed by atoms with E-state index in [-0.39, 0.29) is 36.8 Å². The second-order valence-corrected chi connectivity index (χ2v) is 6.41. The van der Waals surface area contributed by atoms with Crippen LogP contribution in [-0.4, -0.2) is 41.1 Å². The van der Waals surface area contributed by atoms with Crippen LogP contribution < -0.4 is 0 Å². The van der Waals surface area contributed by atoms with Gasteiger partial charge in [-0.3, -0.25) is 24.1 Å². The molecule has 0 aromatic heterocycles. The number of ketones is 1. The SMILES string of the molecule is C[C@H](OC(=O)CCCN1C(=O)c2ccccc2C1=O)C(=O)c1ccc(F)cc1. The highest BCUT2D eigenvalue weighted by Crippen LogP contribution is 2.22.